The summed E-state index contributed by atoms with van der Waals surface area (Å²) in [4.78, 5) is 0. The molecule has 0 bridgehead atoms. The number of halogens is 3. The first-order chi connectivity index (χ1) is 8.92. The summed E-state index contributed by atoms with van der Waals surface area (Å²) in [6, 6.07) is 0.419. The van der Waals surface area contributed by atoms with Crippen LogP contribution in [0.4, 0.5) is 13.2 Å². The van der Waals surface area contributed by atoms with E-state index >= 15 is 0 Å². The lowest BCUT2D eigenvalue weighted by atomic mass is 9.78. The smallest absolute Gasteiger partial charge is 0.372 e. The van der Waals surface area contributed by atoms with Crippen LogP contribution in [0.1, 0.15) is 45.4 Å². The van der Waals surface area contributed by atoms with E-state index in [4.69, 9.17) is 0 Å². The van der Waals surface area contributed by atoms with E-state index in [9.17, 15) is 13.2 Å². The number of hydrogen-bond donors (Lipinski definition) is 1. The fraction of sp³-hybridized carbons (Fsp3) is 1.00. The molecule has 1 aliphatic carbocycles. The Morgan fingerprint density at radius 1 is 1.21 bits per heavy atom. The van der Waals surface area contributed by atoms with Crippen LogP contribution in [0, 0.1) is 11.8 Å². The van der Waals surface area contributed by atoms with Gasteiger partial charge in [0.05, 0.1) is 0 Å². The zero-order chi connectivity index (χ0) is 14.3. The van der Waals surface area contributed by atoms with Crippen molar-refractivity contribution in [1.82, 2.24) is 5.32 Å². The highest BCUT2D eigenvalue weighted by molar-refractivity contribution is 4.80. The molecule has 0 aliphatic heterocycles. The molecule has 1 rings (SSSR count). The van der Waals surface area contributed by atoms with E-state index < -0.39 is 12.8 Å². The lowest BCUT2D eigenvalue weighted by molar-refractivity contribution is -0.174. The molecule has 1 unspecified atom stereocenters. The Kier molecular flexibility index (Phi) is 7.15. The Morgan fingerprint density at radius 2 is 1.84 bits per heavy atom. The van der Waals surface area contributed by atoms with E-state index in [1.54, 1.807) is 0 Å². The van der Waals surface area contributed by atoms with Crippen LogP contribution in [-0.2, 0) is 4.74 Å². The fourth-order valence-corrected chi connectivity index (χ4v) is 2.90. The van der Waals surface area contributed by atoms with E-state index in [1.807, 2.05) is 7.05 Å². The molecular formula is C14H26F3NO. The topological polar surface area (TPSA) is 21.3 Å². The molecule has 0 aromatic carbocycles. The first kappa shape index (κ1) is 16.8. The molecule has 1 aliphatic rings. The molecular weight excluding hydrogens is 255 g/mol. The average molecular weight is 281 g/mol. The van der Waals surface area contributed by atoms with E-state index in [2.05, 4.69) is 17.0 Å². The molecule has 0 aromatic rings. The normalized spacial score (nSPS) is 26.4. The summed E-state index contributed by atoms with van der Waals surface area (Å²) < 4.78 is 40.3. The Hall–Kier alpha value is -0.290. The second kappa shape index (κ2) is 8.10. The largest absolute Gasteiger partial charge is 0.411 e. The van der Waals surface area contributed by atoms with Gasteiger partial charge < -0.3 is 10.1 Å². The van der Waals surface area contributed by atoms with Crippen molar-refractivity contribution in [2.75, 3.05) is 20.3 Å². The molecule has 2 nitrogen and oxygen atoms in total. The van der Waals surface area contributed by atoms with Crippen molar-refractivity contribution in [3.8, 4) is 0 Å². The summed E-state index contributed by atoms with van der Waals surface area (Å²) >= 11 is 0. The third kappa shape index (κ3) is 7.16. The first-order valence-electron chi connectivity index (χ1n) is 7.24. The zero-order valence-electron chi connectivity index (χ0n) is 11.9. The summed E-state index contributed by atoms with van der Waals surface area (Å²) in [5.41, 5.74) is 0. The van der Waals surface area contributed by atoms with E-state index in [1.165, 1.54) is 25.7 Å². The Bertz CT molecular complexity index is 237. The molecule has 0 spiro atoms. The van der Waals surface area contributed by atoms with Crippen molar-refractivity contribution in [2.24, 2.45) is 11.8 Å². The third-order valence-corrected chi connectivity index (χ3v) is 4.07. The van der Waals surface area contributed by atoms with Crippen LogP contribution in [0.3, 0.4) is 0 Å². The highest BCUT2D eigenvalue weighted by Gasteiger charge is 2.27. The minimum atomic E-state index is -4.21. The minimum absolute atomic E-state index is 0.195. The van der Waals surface area contributed by atoms with Gasteiger partial charge in [0.15, 0.2) is 0 Å². The number of rotatable bonds is 7. The molecule has 0 saturated heterocycles. The molecule has 1 N–H and O–H groups in total. The van der Waals surface area contributed by atoms with Gasteiger partial charge in [0.25, 0.3) is 0 Å². The summed E-state index contributed by atoms with van der Waals surface area (Å²) in [6.07, 6.45) is 2.38. The van der Waals surface area contributed by atoms with Crippen LogP contribution in [0.15, 0.2) is 0 Å². The first-order valence-corrected chi connectivity index (χ1v) is 7.24. The lowest BCUT2D eigenvalue weighted by Crippen LogP contribution is -2.36. The summed E-state index contributed by atoms with van der Waals surface area (Å²) in [5, 5.41) is 3.32. The van der Waals surface area contributed by atoms with Gasteiger partial charge in [-0.3, -0.25) is 0 Å². The molecule has 0 aromatic heterocycles. The van der Waals surface area contributed by atoms with Gasteiger partial charge in [-0.25, -0.2) is 0 Å². The van der Waals surface area contributed by atoms with Crippen LogP contribution in [0.5, 0.6) is 0 Å². The minimum Gasteiger partial charge on any atom is -0.372 e. The maximum absolute atomic E-state index is 11.9. The molecule has 0 radical (unpaired) electrons. The highest BCUT2D eigenvalue weighted by atomic mass is 19.4. The predicted molar refractivity (Wildman–Crippen MR) is 70.1 cm³/mol. The quantitative estimate of drug-likeness (QED) is 0.717. The Balaban J connectivity index is 2.15. The number of hydrogen-bond acceptors (Lipinski definition) is 2. The Labute approximate surface area is 114 Å². The molecule has 0 amide bonds. The average Bonchev–Trinajstić information content (AvgIpc) is 2.34. The molecule has 1 fully saturated rings. The standard InChI is InChI=1S/C14H26F3NO/c1-11-5-7-12(8-6-11)13(18-2)4-3-9-19-10-14(15,16)17/h11-13,18H,3-10H2,1-2H3. The van der Waals surface area contributed by atoms with Gasteiger partial charge in [-0.15, -0.1) is 0 Å². The summed E-state index contributed by atoms with van der Waals surface area (Å²) in [7, 11) is 1.94. The van der Waals surface area contributed by atoms with Crippen LogP contribution in [0.25, 0.3) is 0 Å². The van der Waals surface area contributed by atoms with Gasteiger partial charge in [-0.05, 0) is 44.6 Å². The molecule has 1 saturated carbocycles. The second-order valence-corrected chi connectivity index (χ2v) is 5.73. The molecule has 5 heteroatoms. The van der Waals surface area contributed by atoms with Crippen molar-refractivity contribution >= 4 is 0 Å². The molecule has 1 atom stereocenters. The molecule has 114 valence electrons. The predicted octanol–water partition coefficient (Wildman–Crippen LogP) is 3.76. The van der Waals surface area contributed by atoms with Gasteiger partial charge in [0.2, 0.25) is 0 Å². The third-order valence-electron chi connectivity index (χ3n) is 4.07. The van der Waals surface area contributed by atoms with Crippen molar-refractivity contribution in [2.45, 2.75) is 57.7 Å². The van der Waals surface area contributed by atoms with Crippen molar-refractivity contribution in [3.05, 3.63) is 0 Å². The highest BCUT2D eigenvalue weighted by Crippen LogP contribution is 2.31. The number of ether oxygens (including phenoxy) is 1. The second-order valence-electron chi connectivity index (χ2n) is 5.73. The van der Waals surface area contributed by atoms with E-state index in [0.717, 1.165) is 12.3 Å². The number of nitrogens with one attached hydrogen (secondary N) is 1. The fourth-order valence-electron chi connectivity index (χ4n) is 2.90. The monoisotopic (exact) mass is 281 g/mol. The van der Waals surface area contributed by atoms with Gasteiger partial charge in [-0.1, -0.05) is 19.8 Å². The van der Waals surface area contributed by atoms with Crippen molar-refractivity contribution in [3.63, 3.8) is 0 Å². The van der Waals surface area contributed by atoms with Gasteiger partial charge in [0.1, 0.15) is 6.61 Å². The molecule has 19 heavy (non-hydrogen) atoms. The summed E-state index contributed by atoms with van der Waals surface area (Å²) in [6.45, 7) is 1.36. The van der Waals surface area contributed by atoms with E-state index in [0.29, 0.717) is 18.4 Å². The maximum atomic E-state index is 11.9. The summed E-state index contributed by atoms with van der Waals surface area (Å²) in [5.74, 6) is 1.49. The van der Waals surface area contributed by atoms with Crippen molar-refractivity contribution < 1.29 is 17.9 Å². The van der Waals surface area contributed by atoms with Gasteiger partial charge in [-0.2, -0.15) is 13.2 Å². The van der Waals surface area contributed by atoms with Crippen molar-refractivity contribution in [1.29, 1.82) is 0 Å². The van der Waals surface area contributed by atoms with Crippen LogP contribution in [0.2, 0.25) is 0 Å². The van der Waals surface area contributed by atoms with Crippen LogP contribution < -0.4 is 5.32 Å². The number of alkyl halides is 3. The Morgan fingerprint density at radius 3 is 2.37 bits per heavy atom. The molecule has 0 heterocycles. The van der Waals surface area contributed by atoms with Crippen LogP contribution >= 0.6 is 0 Å². The van der Waals surface area contributed by atoms with E-state index in [-0.39, 0.29) is 6.61 Å². The lowest BCUT2D eigenvalue weighted by Gasteiger charge is -2.32. The van der Waals surface area contributed by atoms with Gasteiger partial charge in [0, 0.05) is 12.6 Å². The SMILES string of the molecule is CNC(CCCOCC(F)(F)F)C1CCC(C)CC1. The maximum Gasteiger partial charge on any atom is 0.411 e. The van der Waals surface area contributed by atoms with Gasteiger partial charge >= 0.3 is 6.18 Å². The zero-order valence-corrected chi connectivity index (χ0v) is 11.9. The van der Waals surface area contributed by atoms with Crippen LogP contribution in [-0.4, -0.2) is 32.5 Å².